The Kier molecular flexibility index (Phi) is 4.69. The van der Waals surface area contributed by atoms with E-state index in [-0.39, 0.29) is 17.2 Å². The molecule has 0 spiro atoms. The molecule has 0 aliphatic heterocycles. The van der Waals surface area contributed by atoms with Gasteiger partial charge in [-0.3, -0.25) is 9.59 Å². The molecular formula is C23H27N3O2S. The summed E-state index contributed by atoms with van der Waals surface area (Å²) >= 11 is 1.56. The van der Waals surface area contributed by atoms with Crippen LogP contribution in [0.3, 0.4) is 0 Å². The highest BCUT2D eigenvalue weighted by atomic mass is 32.1. The van der Waals surface area contributed by atoms with E-state index in [0.29, 0.717) is 6.42 Å². The summed E-state index contributed by atoms with van der Waals surface area (Å²) in [6.45, 7) is 1.48. The molecular weight excluding hydrogens is 382 g/mol. The molecule has 6 rings (SSSR count). The molecule has 6 heteroatoms. The lowest BCUT2D eigenvalue weighted by molar-refractivity contribution is -0.116. The summed E-state index contributed by atoms with van der Waals surface area (Å²) in [7, 11) is 0. The number of carbonyl (C=O) groups is 2. The molecule has 152 valence electrons. The second-order valence-electron chi connectivity index (χ2n) is 9.34. The normalized spacial score (nSPS) is 29.6. The molecule has 2 aromatic rings. The first-order chi connectivity index (χ1) is 14.0. The minimum absolute atomic E-state index is 0.0521. The van der Waals surface area contributed by atoms with E-state index < -0.39 is 0 Å². The van der Waals surface area contributed by atoms with Gasteiger partial charge in [-0.25, -0.2) is 4.98 Å². The number of nitrogens with one attached hydrogen (secondary N) is 2. The van der Waals surface area contributed by atoms with Crippen LogP contribution in [-0.2, 0) is 21.4 Å². The first-order valence-electron chi connectivity index (χ1n) is 10.6. The van der Waals surface area contributed by atoms with Crippen molar-refractivity contribution in [2.45, 2.75) is 57.3 Å². The van der Waals surface area contributed by atoms with E-state index in [0.717, 1.165) is 34.1 Å². The largest absolute Gasteiger partial charge is 0.326 e. The van der Waals surface area contributed by atoms with Crippen LogP contribution in [0.2, 0.25) is 0 Å². The Bertz CT molecular complexity index is 899. The maximum absolute atomic E-state index is 12.5. The van der Waals surface area contributed by atoms with Crippen molar-refractivity contribution in [1.82, 2.24) is 4.98 Å². The van der Waals surface area contributed by atoms with Gasteiger partial charge in [0, 0.05) is 23.4 Å². The van der Waals surface area contributed by atoms with Gasteiger partial charge < -0.3 is 10.6 Å². The van der Waals surface area contributed by atoms with Crippen LogP contribution in [0.4, 0.5) is 10.8 Å². The van der Waals surface area contributed by atoms with Gasteiger partial charge in [0.25, 0.3) is 0 Å². The number of benzene rings is 1. The first-order valence-corrected chi connectivity index (χ1v) is 11.5. The number of hydrogen-bond donors (Lipinski definition) is 2. The Morgan fingerprint density at radius 3 is 2.24 bits per heavy atom. The third-order valence-corrected chi connectivity index (χ3v) is 7.73. The van der Waals surface area contributed by atoms with Crippen molar-refractivity contribution >= 4 is 34.0 Å². The number of nitrogens with zero attached hydrogens (tertiary/aromatic N) is 1. The zero-order valence-electron chi connectivity index (χ0n) is 16.7. The minimum Gasteiger partial charge on any atom is -0.326 e. The number of anilines is 2. The molecule has 0 unspecified atom stereocenters. The van der Waals surface area contributed by atoms with Crippen LogP contribution in [0.1, 0.15) is 56.7 Å². The summed E-state index contributed by atoms with van der Waals surface area (Å²) in [6.07, 6.45) is 8.44. The van der Waals surface area contributed by atoms with E-state index >= 15 is 0 Å². The molecule has 0 atom stereocenters. The summed E-state index contributed by atoms with van der Waals surface area (Å²) in [6, 6.07) is 7.37. The maximum Gasteiger partial charge on any atom is 0.230 e. The second-order valence-corrected chi connectivity index (χ2v) is 10.2. The van der Waals surface area contributed by atoms with Crippen molar-refractivity contribution in [3.05, 3.63) is 40.9 Å². The van der Waals surface area contributed by atoms with E-state index in [1.165, 1.54) is 51.1 Å². The molecule has 5 nitrogen and oxygen atoms in total. The van der Waals surface area contributed by atoms with E-state index in [4.69, 9.17) is 4.98 Å². The maximum atomic E-state index is 12.5. The highest BCUT2D eigenvalue weighted by molar-refractivity contribution is 7.13. The van der Waals surface area contributed by atoms with Gasteiger partial charge in [-0.2, -0.15) is 0 Å². The van der Waals surface area contributed by atoms with Crippen LogP contribution in [-0.4, -0.2) is 16.8 Å². The molecule has 4 aliphatic rings. The Morgan fingerprint density at radius 1 is 1.03 bits per heavy atom. The molecule has 4 aliphatic carbocycles. The summed E-state index contributed by atoms with van der Waals surface area (Å²) in [5, 5.41) is 8.63. The molecule has 0 radical (unpaired) electrons. The average molecular weight is 410 g/mol. The fourth-order valence-corrected chi connectivity index (χ4v) is 7.11. The fourth-order valence-electron chi connectivity index (χ4n) is 6.26. The highest BCUT2D eigenvalue weighted by Gasteiger charge is 2.52. The first kappa shape index (κ1) is 18.8. The van der Waals surface area contributed by atoms with Crippen molar-refractivity contribution in [3.63, 3.8) is 0 Å². The van der Waals surface area contributed by atoms with Crippen molar-refractivity contribution in [1.29, 1.82) is 0 Å². The molecule has 1 heterocycles. The Labute approximate surface area is 175 Å². The smallest absolute Gasteiger partial charge is 0.230 e. The molecule has 4 saturated carbocycles. The van der Waals surface area contributed by atoms with Crippen molar-refractivity contribution in [3.8, 4) is 0 Å². The van der Waals surface area contributed by atoms with Gasteiger partial charge in [0.15, 0.2) is 5.13 Å². The van der Waals surface area contributed by atoms with E-state index in [1.54, 1.807) is 11.3 Å². The lowest BCUT2D eigenvalue weighted by Gasteiger charge is -2.56. The van der Waals surface area contributed by atoms with Gasteiger partial charge in [-0.05, 0) is 74.0 Å². The lowest BCUT2D eigenvalue weighted by atomic mass is 9.49. The van der Waals surface area contributed by atoms with Gasteiger partial charge in [-0.1, -0.05) is 12.1 Å². The van der Waals surface area contributed by atoms with Gasteiger partial charge in [0.2, 0.25) is 11.8 Å². The number of rotatable bonds is 5. The molecule has 2 amide bonds. The quantitative estimate of drug-likeness (QED) is 0.749. The number of thiazole rings is 1. The zero-order valence-corrected chi connectivity index (χ0v) is 17.6. The van der Waals surface area contributed by atoms with Crippen LogP contribution < -0.4 is 10.6 Å². The van der Waals surface area contributed by atoms with Crippen LogP contribution in [0.15, 0.2) is 29.6 Å². The second kappa shape index (κ2) is 7.24. The predicted octanol–water partition coefficient (Wildman–Crippen LogP) is 4.75. The topological polar surface area (TPSA) is 71.1 Å². The van der Waals surface area contributed by atoms with E-state index in [1.807, 2.05) is 24.3 Å². The summed E-state index contributed by atoms with van der Waals surface area (Å²) in [5.74, 6) is 2.52. The third kappa shape index (κ3) is 3.82. The summed E-state index contributed by atoms with van der Waals surface area (Å²) < 4.78 is 0. The van der Waals surface area contributed by atoms with Crippen molar-refractivity contribution in [2.24, 2.45) is 17.8 Å². The molecule has 1 aromatic carbocycles. The van der Waals surface area contributed by atoms with Crippen LogP contribution in [0.25, 0.3) is 0 Å². The third-order valence-electron chi connectivity index (χ3n) is 6.97. The molecule has 29 heavy (non-hydrogen) atoms. The van der Waals surface area contributed by atoms with Crippen LogP contribution >= 0.6 is 11.3 Å². The molecule has 4 bridgehead atoms. The lowest BCUT2D eigenvalue weighted by Crippen LogP contribution is -2.48. The molecule has 0 saturated heterocycles. The minimum atomic E-state index is -0.103. The molecule has 4 fully saturated rings. The summed E-state index contributed by atoms with van der Waals surface area (Å²) in [5.41, 5.74) is 3.14. The zero-order chi connectivity index (χ0) is 20.0. The van der Waals surface area contributed by atoms with Gasteiger partial charge in [0.1, 0.15) is 0 Å². The Morgan fingerprint density at radius 2 is 1.66 bits per heavy atom. The molecule has 1 aromatic heterocycles. The van der Waals surface area contributed by atoms with Gasteiger partial charge >= 0.3 is 0 Å². The molecule has 2 N–H and O–H groups in total. The van der Waals surface area contributed by atoms with Crippen LogP contribution in [0.5, 0.6) is 0 Å². The monoisotopic (exact) mass is 409 g/mol. The standard InChI is InChI=1S/C23H27N3O2S/c1-14(27)24-19-4-2-15(3-5-19)9-21(28)26-22-25-20(13-29-22)23-10-16-6-17(11-23)8-18(7-16)12-23/h2-5,13,16-18H,6-12H2,1H3,(H,24,27)(H,25,26,28). The number of aromatic nitrogens is 1. The number of hydrogen-bond acceptors (Lipinski definition) is 4. The Hall–Kier alpha value is -2.21. The van der Waals surface area contributed by atoms with Crippen molar-refractivity contribution < 1.29 is 9.59 Å². The highest BCUT2D eigenvalue weighted by Crippen LogP contribution is 2.60. The average Bonchev–Trinajstić information content (AvgIpc) is 3.11. The fraction of sp³-hybridized carbons (Fsp3) is 0.522. The summed E-state index contributed by atoms with van der Waals surface area (Å²) in [4.78, 5) is 28.5. The van der Waals surface area contributed by atoms with Gasteiger partial charge in [0.05, 0.1) is 12.1 Å². The predicted molar refractivity (Wildman–Crippen MR) is 115 cm³/mol. The van der Waals surface area contributed by atoms with Gasteiger partial charge in [-0.15, -0.1) is 11.3 Å². The van der Waals surface area contributed by atoms with E-state index in [2.05, 4.69) is 16.0 Å². The van der Waals surface area contributed by atoms with Crippen molar-refractivity contribution in [2.75, 3.05) is 10.6 Å². The van der Waals surface area contributed by atoms with E-state index in [9.17, 15) is 9.59 Å². The number of amides is 2. The number of carbonyl (C=O) groups excluding carboxylic acids is 2. The Balaban J connectivity index is 1.22. The SMILES string of the molecule is CC(=O)Nc1ccc(CC(=O)Nc2nc(C34CC5CC(CC(C5)C3)C4)cs2)cc1. The van der Waals surface area contributed by atoms with Crippen LogP contribution in [0, 0.1) is 17.8 Å².